The lowest BCUT2D eigenvalue weighted by molar-refractivity contribution is -0.132. The molecule has 0 saturated carbocycles. The summed E-state index contributed by atoms with van der Waals surface area (Å²) in [7, 11) is 1.85. The summed E-state index contributed by atoms with van der Waals surface area (Å²) < 4.78 is 11.7. The smallest absolute Gasteiger partial charge is 0.231 e. The minimum Gasteiger partial charge on any atom is -0.454 e. The summed E-state index contributed by atoms with van der Waals surface area (Å²) in [5.41, 5.74) is 1.14. The van der Waals surface area contributed by atoms with Gasteiger partial charge < -0.3 is 19.7 Å². The molecule has 3 rings (SSSR count). The Balaban J connectivity index is 1.62. The number of amides is 1. The van der Waals surface area contributed by atoms with Gasteiger partial charge in [-0.2, -0.15) is 0 Å². The van der Waals surface area contributed by atoms with Gasteiger partial charge in [0.15, 0.2) is 11.5 Å². The largest absolute Gasteiger partial charge is 0.454 e. The maximum absolute atomic E-state index is 11.4. The van der Waals surface area contributed by atoms with Gasteiger partial charge in [0.1, 0.15) is 0 Å². The Morgan fingerprint density at radius 2 is 2.30 bits per heavy atom. The Morgan fingerprint density at radius 1 is 1.45 bits per heavy atom. The van der Waals surface area contributed by atoms with Gasteiger partial charge in [-0.1, -0.05) is 0 Å². The van der Waals surface area contributed by atoms with E-state index in [4.69, 9.17) is 9.47 Å². The van der Waals surface area contributed by atoms with Crippen LogP contribution in [0.4, 0.5) is 0 Å². The topological polar surface area (TPSA) is 50.8 Å². The lowest BCUT2D eigenvalue weighted by atomic mass is 10.1. The van der Waals surface area contributed by atoms with Crippen molar-refractivity contribution in [2.75, 3.05) is 20.4 Å². The second-order valence-corrected chi connectivity index (χ2v) is 6.06. The molecule has 0 bridgehead atoms. The van der Waals surface area contributed by atoms with Gasteiger partial charge in [0.25, 0.3) is 0 Å². The van der Waals surface area contributed by atoms with Crippen LogP contribution in [-0.4, -0.2) is 37.2 Å². The number of fused-ring (bicyclic) bond motifs is 1. The molecule has 0 aromatic heterocycles. The lowest BCUT2D eigenvalue weighted by Crippen LogP contribution is -2.46. The molecule has 2 aliphatic heterocycles. The second kappa shape index (κ2) is 5.61. The van der Waals surface area contributed by atoms with E-state index < -0.39 is 0 Å². The quantitative estimate of drug-likeness (QED) is 0.912. The van der Waals surface area contributed by atoms with Crippen molar-refractivity contribution in [3.05, 3.63) is 22.2 Å². The summed E-state index contributed by atoms with van der Waals surface area (Å²) in [4.78, 5) is 13.2. The Morgan fingerprint density at radius 3 is 3.10 bits per heavy atom. The Kier molecular flexibility index (Phi) is 3.85. The van der Waals surface area contributed by atoms with Gasteiger partial charge in [-0.05, 0) is 40.0 Å². The van der Waals surface area contributed by atoms with Crippen LogP contribution in [0.15, 0.2) is 16.6 Å². The van der Waals surface area contributed by atoms with Crippen LogP contribution in [-0.2, 0) is 11.3 Å². The number of ether oxygens (including phenoxy) is 2. The molecule has 20 heavy (non-hydrogen) atoms. The molecule has 1 fully saturated rings. The molecular weight excluding hydrogens is 324 g/mol. The van der Waals surface area contributed by atoms with Gasteiger partial charge in [-0.3, -0.25) is 4.79 Å². The molecule has 0 aliphatic carbocycles. The van der Waals surface area contributed by atoms with E-state index in [-0.39, 0.29) is 12.7 Å². The fraction of sp³-hybridized carbons (Fsp3) is 0.500. The number of likely N-dealkylation sites (N-methyl/N-ethyl adjacent to an activating group) is 1. The molecular formula is C14H17BrN2O3. The number of piperidine rings is 1. The molecule has 1 atom stereocenters. The number of nitrogens with zero attached hydrogens (tertiary/aromatic N) is 1. The number of carbonyl (C=O) groups excluding carboxylic acids is 1. The van der Waals surface area contributed by atoms with Crippen LogP contribution in [0.3, 0.4) is 0 Å². The predicted molar refractivity (Wildman–Crippen MR) is 77.8 cm³/mol. The maximum Gasteiger partial charge on any atom is 0.231 e. The number of rotatable bonds is 3. The van der Waals surface area contributed by atoms with Crippen LogP contribution in [0.2, 0.25) is 0 Å². The van der Waals surface area contributed by atoms with E-state index >= 15 is 0 Å². The Hall–Kier alpha value is -1.27. The normalized spacial score (nSPS) is 21.4. The van der Waals surface area contributed by atoms with Crippen molar-refractivity contribution < 1.29 is 14.3 Å². The highest BCUT2D eigenvalue weighted by atomic mass is 79.9. The second-order valence-electron chi connectivity index (χ2n) is 5.20. The molecule has 2 aliphatic rings. The number of halogens is 1. The van der Waals surface area contributed by atoms with Crippen molar-refractivity contribution in [2.24, 2.45) is 0 Å². The zero-order valence-electron chi connectivity index (χ0n) is 11.3. The predicted octanol–water partition coefficient (Wildman–Crippen LogP) is 1.89. The number of benzene rings is 1. The molecule has 108 valence electrons. The van der Waals surface area contributed by atoms with Crippen LogP contribution in [0, 0.1) is 0 Å². The Labute approximate surface area is 126 Å². The van der Waals surface area contributed by atoms with E-state index in [1.165, 1.54) is 0 Å². The number of nitrogens with one attached hydrogen (secondary N) is 1. The van der Waals surface area contributed by atoms with Crippen molar-refractivity contribution in [1.82, 2.24) is 10.2 Å². The van der Waals surface area contributed by atoms with Crippen LogP contribution < -0.4 is 14.8 Å². The summed E-state index contributed by atoms with van der Waals surface area (Å²) in [6.45, 7) is 1.80. The number of likely N-dealkylation sites (tertiary alicyclic amines) is 1. The first-order chi connectivity index (χ1) is 9.63. The van der Waals surface area contributed by atoms with Crippen molar-refractivity contribution in [3.8, 4) is 11.5 Å². The maximum atomic E-state index is 11.4. The van der Waals surface area contributed by atoms with Crippen molar-refractivity contribution in [1.29, 1.82) is 0 Å². The highest BCUT2D eigenvalue weighted by Crippen LogP contribution is 2.39. The van der Waals surface area contributed by atoms with Crippen molar-refractivity contribution in [3.63, 3.8) is 0 Å². The van der Waals surface area contributed by atoms with Gasteiger partial charge in [0.2, 0.25) is 12.7 Å². The minimum absolute atomic E-state index is 0.230. The van der Waals surface area contributed by atoms with Gasteiger partial charge in [-0.25, -0.2) is 0 Å². The molecule has 1 aromatic carbocycles. The average Bonchev–Trinajstić information content (AvgIpc) is 2.89. The third kappa shape index (κ3) is 2.76. The van der Waals surface area contributed by atoms with Crippen LogP contribution in [0.1, 0.15) is 18.4 Å². The van der Waals surface area contributed by atoms with Crippen molar-refractivity contribution in [2.45, 2.75) is 25.4 Å². The van der Waals surface area contributed by atoms with Crippen LogP contribution >= 0.6 is 15.9 Å². The number of hydrogen-bond acceptors (Lipinski definition) is 4. The highest BCUT2D eigenvalue weighted by molar-refractivity contribution is 9.10. The highest BCUT2D eigenvalue weighted by Gasteiger charge is 2.23. The zero-order chi connectivity index (χ0) is 14.1. The third-order valence-corrected chi connectivity index (χ3v) is 4.30. The van der Waals surface area contributed by atoms with Gasteiger partial charge in [-0.15, -0.1) is 0 Å². The number of carbonyl (C=O) groups is 1. The minimum atomic E-state index is 0.230. The standard InChI is InChI=1S/C14H17BrN2O3/c1-17-7-10(2-3-13(17)18)16-6-9-4-11(15)14-12(5-9)19-8-20-14/h4-5,10,16H,2-3,6-8H2,1H3. The molecule has 6 heteroatoms. The molecule has 1 unspecified atom stereocenters. The van der Waals surface area contributed by atoms with Gasteiger partial charge in [0.05, 0.1) is 4.47 Å². The summed E-state index contributed by atoms with van der Waals surface area (Å²) >= 11 is 3.50. The van der Waals surface area contributed by atoms with Crippen LogP contribution in [0.25, 0.3) is 0 Å². The first-order valence-corrected chi connectivity index (χ1v) is 7.48. The van der Waals surface area contributed by atoms with Gasteiger partial charge >= 0.3 is 0 Å². The van der Waals surface area contributed by atoms with Crippen LogP contribution in [0.5, 0.6) is 11.5 Å². The fourth-order valence-electron chi connectivity index (χ4n) is 2.56. The lowest BCUT2D eigenvalue weighted by Gasteiger charge is -2.30. The first kappa shape index (κ1) is 13.7. The van der Waals surface area contributed by atoms with Crippen molar-refractivity contribution >= 4 is 21.8 Å². The van der Waals surface area contributed by atoms with E-state index in [9.17, 15) is 4.79 Å². The SMILES string of the molecule is CN1CC(NCc2cc(Br)c3c(c2)OCO3)CCC1=O. The molecule has 1 amide bonds. The first-order valence-electron chi connectivity index (χ1n) is 6.69. The zero-order valence-corrected chi connectivity index (χ0v) is 12.9. The monoisotopic (exact) mass is 340 g/mol. The van der Waals surface area contributed by atoms with E-state index in [2.05, 4.69) is 21.2 Å². The summed E-state index contributed by atoms with van der Waals surface area (Å²) in [5.74, 6) is 1.79. The molecule has 2 heterocycles. The summed E-state index contributed by atoms with van der Waals surface area (Å²) in [6, 6.07) is 4.39. The molecule has 1 aromatic rings. The molecule has 0 spiro atoms. The number of hydrogen-bond donors (Lipinski definition) is 1. The molecule has 1 N–H and O–H groups in total. The molecule has 1 saturated heterocycles. The summed E-state index contributed by atoms with van der Waals surface area (Å²) in [6.07, 6.45) is 1.52. The third-order valence-electron chi connectivity index (χ3n) is 3.71. The van der Waals surface area contributed by atoms with E-state index in [1.807, 2.05) is 19.2 Å². The van der Waals surface area contributed by atoms with E-state index in [1.54, 1.807) is 4.90 Å². The van der Waals surface area contributed by atoms with E-state index in [0.29, 0.717) is 12.5 Å². The van der Waals surface area contributed by atoms with E-state index in [0.717, 1.165) is 41.0 Å². The Bertz CT molecular complexity index is 535. The molecule has 5 nitrogen and oxygen atoms in total. The summed E-state index contributed by atoms with van der Waals surface area (Å²) in [5, 5.41) is 3.50. The fourth-order valence-corrected chi connectivity index (χ4v) is 3.17. The molecule has 0 radical (unpaired) electrons. The average molecular weight is 341 g/mol. The van der Waals surface area contributed by atoms with Gasteiger partial charge in [0, 0.05) is 32.6 Å².